The van der Waals surface area contributed by atoms with Crippen LogP contribution < -0.4 is 4.72 Å². The Morgan fingerprint density at radius 2 is 2.56 bits per heavy atom. The van der Waals surface area contributed by atoms with Gasteiger partial charge in [-0.05, 0) is 18.8 Å². The van der Waals surface area contributed by atoms with Crippen molar-refractivity contribution in [1.82, 2.24) is 4.72 Å². The average molecular weight is 146 g/mol. The second-order valence-electron chi connectivity index (χ2n) is 2.34. The third kappa shape index (κ3) is 2.56. The minimum Gasteiger partial charge on any atom is -0.264 e. The summed E-state index contributed by atoms with van der Waals surface area (Å²) in [5.74, 6) is 1.83. The van der Waals surface area contributed by atoms with Gasteiger partial charge in [-0.15, -0.1) is 0 Å². The highest BCUT2D eigenvalue weighted by Crippen LogP contribution is 2.16. The topological polar surface area (TPSA) is 31.9 Å². The van der Waals surface area contributed by atoms with Crippen molar-refractivity contribution in [3.05, 3.63) is 0 Å². The van der Waals surface area contributed by atoms with Crippen molar-refractivity contribution in [3.8, 4) is 0 Å². The van der Waals surface area contributed by atoms with E-state index >= 15 is 0 Å². The van der Waals surface area contributed by atoms with Gasteiger partial charge in [-0.25, -0.2) is 5.11 Å². The highest BCUT2D eigenvalue weighted by molar-refractivity contribution is 7.97. The first kappa shape index (κ1) is 7.38. The average Bonchev–Trinajstić information content (AvgIpc) is 1.91. The van der Waals surface area contributed by atoms with Gasteiger partial charge >= 0.3 is 0 Å². The van der Waals surface area contributed by atoms with Crippen LogP contribution in [0.2, 0.25) is 0 Å². The molecule has 0 saturated carbocycles. The van der Waals surface area contributed by atoms with Crippen molar-refractivity contribution in [2.45, 2.75) is 12.8 Å². The molecule has 1 saturated heterocycles. The second-order valence-corrected chi connectivity index (χ2v) is 3.33. The fourth-order valence-corrected chi connectivity index (χ4v) is 1.94. The molecule has 1 aliphatic rings. The van der Waals surface area contributed by atoms with Crippen LogP contribution in [-0.4, -0.2) is 18.9 Å². The third-order valence-corrected chi connectivity index (χ3v) is 2.44. The molecule has 0 spiro atoms. The molecule has 53 valence electrons. The van der Waals surface area contributed by atoms with Crippen LogP contribution in [0.15, 0.2) is 0 Å². The zero-order chi connectivity index (χ0) is 6.53. The Hall–Kier alpha value is 0.270. The lowest BCUT2D eigenvalue weighted by molar-refractivity contribution is 0.169. The van der Waals surface area contributed by atoms with Crippen LogP contribution in [0.5, 0.6) is 0 Å². The fourth-order valence-electron chi connectivity index (χ4n) is 0.990. The summed E-state index contributed by atoms with van der Waals surface area (Å²) in [4.78, 5) is 0. The molecule has 1 fully saturated rings. The monoisotopic (exact) mass is 146 g/mol. The lowest BCUT2D eigenvalue weighted by atomic mass is 10.0. The van der Waals surface area contributed by atoms with E-state index in [1.807, 2.05) is 0 Å². The maximum atomic E-state index is 10.2. The van der Waals surface area contributed by atoms with E-state index in [4.69, 9.17) is 0 Å². The van der Waals surface area contributed by atoms with Gasteiger partial charge in [-0.3, -0.25) is 4.72 Å². The van der Waals surface area contributed by atoms with Crippen LogP contribution in [0.25, 0.3) is 0 Å². The predicted octanol–water partition coefficient (Wildman–Crippen LogP) is 1.06. The zero-order valence-corrected chi connectivity index (χ0v) is 6.25. The largest absolute Gasteiger partial charge is 0.264 e. The normalized spacial score (nSPS) is 28.3. The van der Waals surface area contributed by atoms with Gasteiger partial charge in [0, 0.05) is 12.3 Å². The van der Waals surface area contributed by atoms with Crippen LogP contribution in [-0.2, 0) is 5.11 Å². The van der Waals surface area contributed by atoms with Gasteiger partial charge in [0.05, 0.1) is 6.61 Å². The number of nitrogens with one attached hydrogen (secondary N) is 1. The molecule has 1 unspecified atom stereocenters. The molecule has 1 aliphatic heterocycles. The summed E-state index contributed by atoms with van der Waals surface area (Å²) in [6, 6.07) is 0. The molecule has 0 aromatic heterocycles. The molecule has 3 heteroatoms. The minimum absolute atomic E-state index is 0.0943. The van der Waals surface area contributed by atoms with Crippen molar-refractivity contribution in [2.75, 3.05) is 18.9 Å². The number of hydrogen-bond donors (Lipinski definition) is 1. The van der Waals surface area contributed by atoms with Crippen molar-refractivity contribution in [3.63, 3.8) is 0 Å². The maximum Gasteiger partial charge on any atom is 0.0825 e. The molecule has 2 nitrogen and oxygen atoms in total. The molecule has 1 rings (SSSR count). The van der Waals surface area contributed by atoms with Crippen LogP contribution in [0, 0.1) is 5.92 Å². The third-order valence-electron chi connectivity index (χ3n) is 1.63. The molecule has 0 aromatic rings. The summed E-state index contributed by atoms with van der Waals surface area (Å²) in [5, 5.41) is 10.2. The lowest BCUT2D eigenvalue weighted by Gasteiger charge is -2.20. The van der Waals surface area contributed by atoms with E-state index in [1.165, 1.54) is 12.2 Å². The molecular formula is C6H12NOS. The quantitative estimate of drug-likeness (QED) is 0.591. The number of rotatable bonds is 2. The standard InChI is InChI=1S/C6H12NOS/c8-3-1-6-2-4-9-7-5-6/h6-7H,1-5H2. The highest BCUT2D eigenvalue weighted by atomic mass is 32.2. The summed E-state index contributed by atoms with van der Waals surface area (Å²) in [7, 11) is 0. The Balaban J connectivity index is 2.08. The fraction of sp³-hybridized carbons (Fsp3) is 1.00. The first-order valence-electron chi connectivity index (χ1n) is 3.36. The molecule has 9 heavy (non-hydrogen) atoms. The molecule has 0 bridgehead atoms. The first-order valence-corrected chi connectivity index (χ1v) is 4.35. The summed E-state index contributed by atoms with van der Waals surface area (Å²) >= 11 is 1.77. The minimum atomic E-state index is 0.0943. The van der Waals surface area contributed by atoms with E-state index in [1.54, 1.807) is 11.9 Å². The Labute approximate surface area is 60.2 Å². The molecule has 0 aliphatic carbocycles. The molecule has 1 atom stereocenters. The van der Waals surface area contributed by atoms with Gasteiger partial charge in [-0.1, -0.05) is 11.9 Å². The van der Waals surface area contributed by atoms with Gasteiger partial charge < -0.3 is 0 Å². The highest BCUT2D eigenvalue weighted by Gasteiger charge is 2.11. The van der Waals surface area contributed by atoms with E-state index in [9.17, 15) is 5.11 Å². The van der Waals surface area contributed by atoms with Crippen LogP contribution in [0.3, 0.4) is 0 Å². The Kier molecular flexibility index (Phi) is 3.40. The first-order chi connectivity index (χ1) is 4.43. The van der Waals surface area contributed by atoms with Crippen LogP contribution in [0.1, 0.15) is 12.8 Å². The number of hydrogen-bond acceptors (Lipinski definition) is 2. The Bertz CT molecular complexity index is 70.7. The molecular weight excluding hydrogens is 134 g/mol. The SMILES string of the molecule is [O]CCC1CCSNC1. The van der Waals surface area contributed by atoms with Crippen molar-refractivity contribution >= 4 is 11.9 Å². The molecule has 1 radical (unpaired) electrons. The van der Waals surface area contributed by atoms with Gasteiger partial charge in [0.1, 0.15) is 0 Å². The van der Waals surface area contributed by atoms with Crippen molar-refractivity contribution < 1.29 is 5.11 Å². The summed E-state index contributed by atoms with van der Waals surface area (Å²) in [6.45, 7) is 1.13. The lowest BCUT2D eigenvalue weighted by Crippen LogP contribution is -2.24. The van der Waals surface area contributed by atoms with Crippen LogP contribution in [0.4, 0.5) is 0 Å². The summed E-state index contributed by atoms with van der Waals surface area (Å²) in [5.41, 5.74) is 0. The Morgan fingerprint density at radius 1 is 1.67 bits per heavy atom. The zero-order valence-electron chi connectivity index (χ0n) is 5.43. The van der Waals surface area contributed by atoms with E-state index in [0.29, 0.717) is 5.92 Å². The predicted molar refractivity (Wildman–Crippen MR) is 38.7 cm³/mol. The van der Waals surface area contributed by atoms with Gasteiger partial charge in [0.2, 0.25) is 0 Å². The molecule has 0 aromatic carbocycles. The second kappa shape index (κ2) is 4.14. The Morgan fingerprint density at radius 3 is 3.11 bits per heavy atom. The van der Waals surface area contributed by atoms with Crippen molar-refractivity contribution in [2.24, 2.45) is 5.92 Å². The summed E-state index contributed by atoms with van der Waals surface area (Å²) in [6.07, 6.45) is 2.08. The summed E-state index contributed by atoms with van der Waals surface area (Å²) < 4.78 is 3.20. The van der Waals surface area contributed by atoms with E-state index in [0.717, 1.165) is 13.0 Å². The van der Waals surface area contributed by atoms with E-state index in [-0.39, 0.29) is 6.61 Å². The maximum absolute atomic E-state index is 10.2. The van der Waals surface area contributed by atoms with Gasteiger partial charge in [-0.2, -0.15) is 0 Å². The van der Waals surface area contributed by atoms with Crippen molar-refractivity contribution in [1.29, 1.82) is 0 Å². The molecule has 0 amide bonds. The van der Waals surface area contributed by atoms with Gasteiger partial charge in [0.25, 0.3) is 0 Å². The molecule has 1 heterocycles. The van der Waals surface area contributed by atoms with E-state index < -0.39 is 0 Å². The smallest absolute Gasteiger partial charge is 0.0825 e. The van der Waals surface area contributed by atoms with Gasteiger partial charge in [0.15, 0.2) is 0 Å². The van der Waals surface area contributed by atoms with Crippen LogP contribution >= 0.6 is 11.9 Å². The molecule has 1 N–H and O–H groups in total. The van der Waals surface area contributed by atoms with E-state index in [2.05, 4.69) is 4.72 Å².